The average molecular weight is 420 g/mol. The normalized spacial score (nSPS) is 13.7. The smallest absolute Gasteiger partial charge is 0.265 e. The van der Waals surface area contributed by atoms with Crippen molar-refractivity contribution in [1.29, 1.82) is 0 Å². The highest BCUT2D eigenvalue weighted by Crippen LogP contribution is 2.16. The minimum absolute atomic E-state index is 0.00599. The zero-order valence-electron chi connectivity index (χ0n) is 16.3. The highest BCUT2D eigenvalue weighted by atomic mass is 32.1. The van der Waals surface area contributed by atoms with Crippen LogP contribution in [0.2, 0.25) is 0 Å². The number of hydrogen-bond donors (Lipinski definition) is 1. The van der Waals surface area contributed by atoms with Crippen LogP contribution in [-0.2, 0) is 0 Å². The molecule has 1 aromatic heterocycles. The first-order chi connectivity index (χ1) is 14.6. The molecule has 1 aliphatic heterocycles. The maximum atomic E-state index is 12.8. The monoisotopic (exact) mass is 419 g/mol. The first kappa shape index (κ1) is 19.8. The Balaban J connectivity index is 1.33. The second-order valence-corrected chi connectivity index (χ2v) is 7.91. The van der Waals surface area contributed by atoms with Gasteiger partial charge < -0.3 is 15.1 Å². The summed E-state index contributed by atoms with van der Waals surface area (Å²) in [6.07, 6.45) is 0. The summed E-state index contributed by atoms with van der Waals surface area (Å²) in [5.74, 6) is -0.241. The van der Waals surface area contributed by atoms with Crippen LogP contribution in [0.1, 0.15) is 30.4 Å². The van der Waals surface area contributed by atoms with Crippen LogP contribution in [0.4, 0.5) is 5.69 Å². The van der Waals surface area contributed by atoms with Crippen molar-refractivity contribution in [3.8, 4) is 0 Å². The molecule has 6 nitrogen and oxygen atoms in total. The first-order valence-corrected chi connectivity index (χ1v) is 10.6. The fourth-order valence-electron chi connectivity index (χ4n) is 3.36. The topological polar surface area (TPSA) is 69.7 Å². The van der Waals surface area contributed by atoms with Gasteiger partial charge in [0.1, 0.15) is 0 Å². The predicted octanol–water partition coefficient (Wildman–Crippen LogP) is 3.60. The Hall–Kier alpha value is -3.45. The third-order valence-corrected chi connectivity index (χ3v) is 5.88. The van der Waals surface area contributed by atoms with Gasteiger partial charge in [-0.25, -0.2) is 0 Å². The Bertz CT molecular complexity index is 1030. The van der Waals surface area contributed by atoms with E-state index in [4.69, 9.17) is 0 Å². The number of carbonyl (C=O) groups is 3. The molecule has 1 aliphatic rings. The first-order valence-electron chi connectivity index (χ1n) is 9.70. The lowest BCUT2D eigenvalue weighted by molar-refractivity contribution is 0.0535. The van der Waals surface area contributed by atoms with Gasteiger partial charge in [0.2, 0.25) is 0 Å². The Morgan fingerprint density at radius 1 is 0.700 bits per heavy atom. The van der Waals surface area contributed by atoms with Gasteiger partial charge in [0.15, 0.2) is 0 Å². The molecule has 2 heterocycles. The van der Waals surface area contributed by atoms with Crippen molar-refractivity contribution < 1.29 is 14.4 Å². The third kappa shape index (κ3) is 4.41. The molecule has 3 amide bonds. The molecule has 1 saturated heterocycles. The number of benzene rings is 2. The summed E-state index contributed by atoms with van der Waals surface area (Å²) in [5.41, 5.74) is 1.87. The van der Waals surface area contributed by atoms with E-state index >= 15 is 0 Å². The molecule has 0 radical (unpaired) electrons. The second kappa shape index (κ2) is 8.92. The Morgan fingerprint density at radius 2 is 1.27 bits per heavy atom. The van der Waals surface area contributed by atoms with Crippen LogP contribution in [0.5, 0.6) is 0 Å². The van der Waals surface area contributed by atoms with Crippen LogP contribution in [0.25, 0.3) is 0 Å². The fraction of sp³-hybridized carbons (Fsp3) is 0.174. The van der Waals surface area contributed by atoms with Gasteiger partial charge in [-0.05, 0) is 47.8 Å². The van der Waals surface area contributed by atoms with Crippen LogP contribution < -0.4 is 5.32 Å². The lowest BCUT2D eigenvalue weighted by atomic mass is 10.1. The highest BCUT2D eigenvalue weighted by molar-refractivity contribution is 7.12. The van der Waals surface area contributed by atoms with Crippen LogP contribution in [0, 0.1) is 0 Å². The molecule has 1 N–H and O–H groups in total. The molecule has 3 aromatic rings. The number of carbonyl (C=O) groups excluding carboxylic acids is 3. The van der Waals surface area contributed by atoms with Gasteiger partial charge in [-0.1, -0.05) is 24.3 Å². The molecule has 0 unspecified atom stereocenters. The van der Waals surface area contributed by atoms with Gasteiger partial charge in [0.05, 0.1) is 4.88 Å². The molecule has 1 fully saturated rings. The zero-order chi connectivity index (χ0) is 20.9. The molecule has 2 aromatic carbocycles. The molecule has 4 rings (SSSR count). The lowest BCUT2D eigenvalue weighted by Gasteiger charge is -2.35. The van der Waals surface area contributed by atoms with Crippen molar-refractivity contribution in [2.24, 2.45) is 0 Å². The third-order valence-electron chi connectivity index (χ3n) is 5.01. The summed E-state index contributed by atoms with van der Waals surface area (Å²) in [6.45, 7) is 2.01. The Morgan fingerprint density at radius 3 is 1.80 bits per heavy atom. The highest BCUT2D eigenvalue weighted by Gasteiger charge is 2.25. The van der Waals surface area contributed by atoms with Gasteiger partial charge in [0.25, 0.3) is 17.7 Å². The van der Waals surface area contributed by atoms with E-state index in [1.54, 1.807) is 52.3 Å². The van der Waals surface area contributed by atoms with E-state index in [1.165, 1.54) is 11.3 Å². The lowest BCUT2D eigenvalue weighted by Crippen LogP contribution is -2.50. The molecule has 30 heavy (non-hydrogen) atoms. The molecular weight excluding hydrogens is 398 g/mol. The second-order valence-electron chi connectivity index (χ2n) is 6.96. The van der Waals surface area contributed by atoms with E-state index in [0.29, 0.717) is 47.9 Å². The number of thiophene rings is 1. The quantitative estimate of drug-likeness (QED) is 0.703. The number of piperazine rings is 1. The van der Waals surface area contributed by atoms with E-state index < -0.39 is 0 Å². The van der Waals surface area contributed by atoms with Gasteiger partial charge >= 0.3 is 0 Å². The summed E-state index contributed by atoms with van der Waals surface area (Å²) in [6, 6.07) is 19.7. The van der Waals surface area contributed by atoms with Crippen LogP contribution in [0.15, 0.2) is 72.1 Å². The molecule has 0 saturated carbocycles. The minimum Gasteiger partial charge on any atom is -0.335 e. The number of amides is 3. The molecule has 0 aliphatic carbocycles. The molecule has 0 atom stereocenters. The summed E-state index contributed by atoms with van der Waals surface area (Å²) >= 11 is 1.38. The summed E-state index contributed by atoms with van der Waals surface area (Å²) in [5, 5.41) is 4.68. The number of nitrogens with zero attached hydrogens (tertiary/aromatic N) is 2. The molecule has 0 bridgehead atoms. The summed E-state index contributed by atoms with van der Waals surface area (Å²) in [4.78, 5) is 41.6. The standard InChI is InChI=1S/C23H21N3O3S/c27-21(20-7-4-16-30-20)24-19-10-8-18(9-11-19)23(29)26-14-12-25(13-15-26)22(28)17-5-2-1-3-6-17/h1-11,16H,12-15H2,(H,24,27). The Labute approximate surface area is 178 Å². The maximum absolute atomic E-state index is 12.8. The number of anilines is 1. The summed E-state index contributed by atoms with van der Waals surface area (Å²) in [7, 11) is 0. The largest absolute Gasteiger partial charge is 0.335 e. The molecule has 0 spiro atoms. The van der Waals surface area contributed by atoms with Crippen LogP contribution >= 0.6 is 11.3 Å². The zero-order valence-corrected chi connectivity index (χ0v) is 17.1. The van der Waals surface area contributed by atoms with Gasteiger partial charge in [-0.2, -0.15) is 0 Å². The van der Waals surface area contributed by atoms with E-state index in [0.717, 1.165) is 0 Å². The van der Waals surface area contributed by atoms with Gasteiger partial charge in [0, 0.05) is 43.0 Å². The van der Waals surface area contributed by atoms with Crippen molar-refractivity contribution in [2.75, 3.05) is 31.5 Å². The van der Waals surface area contributed by atoms with Crippen molar-refractivity contribution in [2.45, 2.75) is 0 Å². The van der Waals surface area contributed by atoms with Crippen LogP contribution in [0.3, 0.4) is 0 Å². The number of hydrogen-bond acceptors (Lipinski definition) is 4. The van der Waals surface area contributed by atoms with E-state index in [-0.39, 0.29) is 17.7 Å². The van der Waals surface area contributed by atoms with Crippen molar-refractivity contribution in [3.05, 3.63) is 88.1 Å². The van der Waals surface area contributed by atoms with E-state index in [1.807, 2.05) is 29.6 Å². The average Bonchev–Trinajstić information content (AvgIpc) is 3.35. The van der Waals surface area contributed by atoms with Crippen LogP contribution in [-0.4, -0.2) is 53.7 Å². The number of rotatable bonds is 4. The SMILES string of the molecule is O=C(Nc1ccc(C(=O)N2CCN(C(=O)c3ccccc3)CC2)cc1)c1cccs1. The molecular formula is C23H21N3O3S. The summed E-state index contributed by atoms with van der Waals surface area (Å²) < 4.78 is 0. The van der Waals surface area contributed by atoms with Gasteiger partial charge in [-0.15, -0.1) is 11.3 Å². The molecule has 7 heteroatoms. The number of nitrogens with one attached hydrogen (secondary N) is 1. The van der Waals surface area contributed by atoms with E-state index in [2.05, 4.69) is 5.32 Å². The fourth-order valence-corrected chi connectivity index (χ4v) is 3.97. The van der Waals surface area contributed by atoms with E-state index in [9.17, 15) is 14.4 Å². The molecule has 152 valence electrons. The van der Waals surface area contributed by atoms with Crippen molar-refractivity contribution in [3.63, 3.8) is 0 Å². The maximum Gasteiger partial charge on any atom is 0.265 e. The minimum atomic E-state index is -0.164. The van der Waals surface area contributed by atoms with Crippen molar-refractivity contribution >= 4 is 34.7 Å². The Kier molecular flexibility index (Phi) is 5.90. The van der Waals surface area contributed by atoms with Gasteiger partial charge in [-0.3, -0.25) is 14.4 Å². The predicted molar refractivity (Wildman–Crippen MR) is 117 cm³/mol. The van der Waals surface area contributed by atoms with Crippen molar-refractivity contribution in [1.82, 2.24) is 9.80 Å².